The highest BCUT2D eigenvalue weighted by atomic mass is 16.4. The largest absolute Gasteiger partial charge is 0.411 e. The van der Waals surface area contributed by atoms with Crippen molar-refractivity contribution in [2.45, 2.75) is 6.42 Å². The Morgan fingerprint density at radius 2 is 1.86 bits per heavy atom. The van der Waals surface area contributed by atoms with Crippen molar-refractivity contribution >= 4 is 17.0 Å². The molecule has 0 bridgehead atoms. The van der Waals surface area contributed by atoms with Gasteiger partial charge in [0.1, 0.15) is 0 Å². The van der Waals surface area contributed by atoms with E-state index in [4.69, 9.17) is 5.21 Å². The maximum absolute atomic E-state index is 8.37. The third-order valence-corrected chi connectivity index (χ3v) is 2.27. The molecular formula is C12H11NO. The van der Waals surface area contributed by atoms with Crippen LogP contribution < -0.4 is 0 Å². The summed E-state index contributed by atoms with van der Waals surface area (Å²) in [6.07, 6.45) is 2.17. The predicted octanol–water partition coefficient (Wildman–Crippen LogP) is 2.84. The monoisotopic (exact) mass is 185 g/mol. The SMILES string of the molecule is ON=CCc1cccc2ccccc12. The zero-order valence-electron chi connectivity index (χ0n) is 7.72. The van der Waals surface area contributed by atoms with E-state index in [1.54, 1.807) is 0 Å². The fourth-order valence-corrected chi connectivity index (χ4v) is 1.61. The van der Waals surface area contributed by atoms with Crippen LogP contribution in [0.2, 0.25) is 0 Å². The Morgan fingerprint density at radius 1 is 1.07 bits per heavy atom. The van der Waals surface area contributed by atoms with Crippen molar-refractivity contribution in [2.75, 3.05) is 0 Å². The van der Waals surface area contributed by atoms with Crippen molar-refractivity contribution in [1.29, 1.82) is 0 Å². The van der Waals surface area contributed by atoms with Gasteiger partial charge in [-0.1, -0.05) is 42.5 Å². The molecule has 0 aliphatic heterocycles. The van der Waals surface area contributed by atoms with Gasteiger partial charge in [-0.15, -0.1) is 5.16 Å². The average molecular weight is 185 g/mol. The van der Waals surface area contributed by atoms with Gasteiger partial charge in [-0.3, -0.25) is 0 Å². The van der Waals surface area contributed by atoms with Gasteiger partial charge in [0.25, 0.3) is 0 Å². The van der Waals surface area contributed by atoms with Gasteiger partial charge >= 0.3 is 0 Å². The van der Waals surface area contributed by atoms with E-state index >= 15 is 0 Å². The molecular weight excluding hydrogens is 174 g/mol. The molecule has 2 nitrogen and oxygen atoms in total. The lowest BCUT2D eigenvalue weighted by molar-refractivity contribution is 0.321. The standard InChI is InChI=1S/C12H11NO/c14-13-9-8-11-6-3-5-10-4-1-2-7-12(10)11/h1-7,9,14H,8H2. The van der Waals surface area contributed by atoms with Crippen molar-refractivity contribution in [3.05, 3.63) is 48.0 Å². The molecule has 70 valence electrons. The number of rotatable bonds is 2. The van der Waals surface area contributed by atoms with E-state index < -0.39 is 0 Å². The molecule has 2 aromatic carbocycles. The zero-order chi connectivity index (χ0) is 9.80. The minimum atomic E-state index is 0.665. The first-order valence-corrected chi connectivity index (χ1v) is 4.54. The number of oxime groups is 1. The van der Waals surface area contributed by atoms with E-state index in [0.29, 0.717) is 6.42 Å². The molecule has 0 amide bonds. The average Bonchev–Trinajstić information content (AvgIpc) is 2.26. The Labute approximate surface area is 82.5 Å². The molecule has 0 atom stereocenters. The minimum absolute atomic E-state index is 0.665. The van der Waals surface area contributed by atoms with Crippen LogP contribution in [0.3, 0.4) is 0 Å². The first kappa shape index (κ1) is 8.75. The van der Waals surface area contributed by atoms with Crippen molar-refractivity contribution in [3.8, 4) is 0 Å². The number of nitrogens with zero attached hydrogens (tertiary/aromatic N) is 1. The third kappa shape index (κ3) is 1.59. The van der Waals surface area contributed by atoms with Gasteiger partial charge in [-0.05, 0) is 16.3 Å². The number of hydrogen-bond donors (Lipinski definition) is 1. The second kappa shape index (κ2) is 3.92. The normalized spacial score (nSPS) is 11.1. The summed E-state index contributed by atoms with van der Waals surface area (Å²) in [5, 5.41) is 13.8. The second-order valence-electron chi connectivity index (χ2n) is 3.14. The molecule has 0 fully saturated rings. The molecule has 14 heavy (non-hydrogen) atoms. The summed E-state index contributed by atoms with van der Waals surface area (Å²) in [7, 11) is 0. The van der Waals surface area contributed by atoms with Gasteiger partial charge in [0.05, 0.1) is 0 Å². The molecule has 2 rings (SSSR count). The maximum Gasteiger partial charge on any atom is 0.0479 e. The maximum atomic E-state index is 8.37. The molecule has 2 aromatic rings. The predicted molar refractivity (Wildman–Crippen MR) is 57.9 cm³/mol. The Balaban J connectivity index is 2.53. The van der Waals surface area contributed by atoms with Gasteiger partial charge in [-0.2, -0.15) is 0 Å². The van der Waals surface area contributed by atoms with Crippen LogP contribution in [0.25, 0.3) is 10.8 Å². The molecule has 0 aliphatic rings. The molecule has 0 aromatic heterocycles. The van der Waals surface area contributed by atoms with E-state index in [9.17, 15) is 0 Å². The number of fused-ring (bicyclic) bond motifs is 1. The summed E-state index contributed by atoms with van der Waals surface area (Å²) in [6.45, 7) is 0. The Kier molecular flexibility index (Phi) is 2.45. The summed E-state index contributed by atoms with van der Waals surface area (Å²) in [6, 6.07) is 14.3. The minimum Gasteiger partial charge on any atom is -0.411 e. The van der Waals surface area contributed by atoms with E-state index in [-0.39, 0.29) is 0 Å². The fourth-order valence-electron chi connectivity index (χ4n) is 1.61. The molecule has 2 heteroatoms. The third-order valence-electron chi connectivity index (χ3n) is 2.27. The molecule has 0 unspecified atom stereocenters. The van der Waals surface area contributed by atoms with E-state index in [1.807, 2.05) is 24.3 Å². The Hall–Kier alpha value is -1.83. The summed E-state index contributed by atoms with van der Waals surface area (Å²) < 4.78 is 0. The van der Waals surface area contributed by atoms with Gasteiger partial charge in [0.2, 0.25) is 0 Å². The topological polar surface area (TPSA) is 32.6 Å². The lowest BCUT2D eigenvalue weighted by Crippen LogP contribution is -1.87. The second-order valence-corrected chi connectivity index (χ2v) is 3.14. The van der Waals surface area contributed by atoms with Crippen molar-refractivity contribution < 1.29 is 5.21 Å². The van der Waals surface area contributed by atoms with Crippen molar-refractivity contribution in [2.24, 2.45) is 5.16 Å². The number of benzene rings is 2. The highest BCUT2D eigenvalue weighted by molar-refractivity contribution is 5.87. The van der Waals surface area contributed by atoms with E-state index in [0.717, 1.165) is 0 Å². The van der Waals surface area contributed by atoms with Gasteiger partial charge in [0, 0.05) is 12.6 Å². The highest BCUT2D eigenvalue weighted by Crippen LogP contribution is 2.18. The summed E-state index contributed by atoms with van der Waals surface area (Å²) in [5.74, 6) is 0. The van der Waals surface area contributed by atoms with Gasteiger partial charge in [0.15, 0.2) is 0 Å². The Morgan fingerprint density at radius 3 is 2.71 bits per heavy atom. The molecule has 0 saturated carbocycles. The first-order chi connectivity index (χ1) is 6.92. The first-order valence-electron chi connectivity index (χ1n) is 4.54. The summed E-state index contributed by atoms with van der Waals surface area (Å²) in [5.41, 5.74) is 1.18. The van der Waals surface area contributed by atoms with Gasteiger partial charge < -0.3 is 5.21 Å². The van der Waals surface area contributed by atoms with Gasteiger partial charge in [-0.25, -0.2) is 0 Å². The zero-order valence-corrected chi connectivity index (χ0v) is 7.72. The van der Waals surface area contributed by atoms with Crippen LogP contribution in [-0.2, 0) is 6.42 Å². The van der Waals surface area contributed by atoms with Crippen LogP contribution in [0.5, 0.6) is 0 Å². The van der Waals surface area contributed by atoms with Crippen molar-refractivity contribution in [3.63, 3.8) is 0 Å². The Bertz CT molecular complexity index is 457. The van der Waals surface area contributed by atoms with Crippen LogP contribution in [0.15, 0.2) is 47.6 Å². The molecule has 0 radical (unpaired) electrons. The van der Waals surface area contributed by atoms with Crippen LogP contribution in [0.4, 0.5) is 0 Å². The van der Waals surface area contributed by atoms with Crippen LogP contribution in [-0.4, -0.2) is 11.4 Å². The number of hydrogen-bond acceptors (Lipinski definition) is 2. The van der Waals surface area contributed by atoms with Crippen LogP contribution in [0, 0.1) is 0 Å². The highest BCUT2D eigenvalue weighted by Gasteiger charge is 1.97. The van der Waals surface area contributed by atoms with Crippen LogP contribution >= 0.6 is 0 Å². The quantitative estimate of drug-likeness (QED) is 0.435. The molecule has 0 heterocycles. The van der Waals surface area contributed by atoms with E-state index in [2.05, 4.69) is 23.4 Å². The molecule has 0 spiro atoms. The summed E-state index contributed by atoms with van der Waals surface area (Å²) >= 11 is 0. The van der Waals surface area contributed by atoms with Crippen LogP contribution in [0.1, 0.15) is 5.56 Å². The fraction of sp³-hybridized carbons (Fsp3) is 0.0833. The lowest BCUT2D eigenvalue weighted by atomic mass is 10.0. The smallest absolute Gasteiger partial charge is 0.0479 e. The molecule has 0 aliphatic carbocycles. The molecule has 1 N–H and O–H groups in total. The van der Waals surface area contributed by atoms with E-state index in [1.165, 1.54) is 22.6 Å². The summed E-state index contributed by atoms with van der Waals surface area (Å²) in [4.78, 5) is 0. The lowest BCUT2D eigenvalue weighted by Gasteiger charge is -2.02. The molecule has 0 saturated heterocycles. The van der Waals surface area contributed by atoms with Crippen molar-refractivity contribution in [1.82, 2.24) is 0 Å².